The van der Waals surface area contributed by atoms with Crippen molar-refractivity contribution < 1.29 is 13.7 Å². The Morgan fingerprint density at radius 1 is 1.47 bits per heavy atom. The number of halogens is 2. The topological polar surface area (TPSA) is 69.2 Å². The van der Waals surface area contributed by atoms with Crippen molar-refractivity contribution in [2.24, 2.45) is 5.73 Å². The largest absolute Gasteiger partial charge is 0.327 e. The van der Waals surface area contributed by atoms with E-state index in [4.69, 9.17) is 5.73 Å². The van der Waals surface area contributed by atoms with Gasteiger partial charge in [-0.1, -0.05) is 0 Å². The van der Waals surface area contributed by atoms with Gasteiger partial charge in [0.1, 0.15) is 5.82 Å². The van der Waals surface area contributed by atoms with Crippen LogP contribution in [0.3, 0.4) is 0 Å². The highest BCUT2D eigenvalue weighted by molar-refractivity contribution is 5.45. The number of nitrogens with two attached hydrogens (primary N) is 1. The Hall–Kier alpha value is -1.56. The zero-order chi connectivity index (χ0) is 12.8. The van der Waals surface area contributed by atoms with E-state index in [-0.39, 0.29) is 5.56 Å². The van der Waals surface area contributed by atoms with Gasteiger partial charge in [0.15, 0.2) is 0 Å². The molecule has 0 saturated heterocycles. The predicted molar refractivity (Wildman–Crippen MR) is 57.6 cm³/mol. The van der Waals surface area contributed by atoms with Crippen molar-refractivity contribution in [2.45, 2.75) is 31.2 Å². The second kappa shape index (κ2) is 3.73. The summed E-state index contributed by atoms with van der Waals surface area (Å²) in [5.74, 6) is -1.85. The highest BCUT2D eigenvalue weighted by atomic mass is 19.1. The molecule has 1 unspecified atom stereocenters. The standard InChI is InChI=1S/C11H12F2N2O2/c1-6(14)11(4-5-11)9-7(12)2-3-8(10(9)13)15(16)17/h2-3,6H,4-5,14H2,1H3. The molecule has 0 aromatic heterocycles. The summed E-state index contributed by atoms with van der Waals surface area (Å²) in [4.78, 5) is 9.76. The first-order valence-electron chi connectivity index (χ1n) is 5.28. The Kier molecular flexibility index (Phi) is 2.61. The Bertz CT molecular complexity index is 485. The van der Waals surface area contributed by atoms with E-state index in [0.29, 0.717) is 12.8 Å². The molecule has 1 atom stereocenters. The lowest BCUT2D eigenvalue weighted by Gasteiger charge is -2.21. The summed E-state index contributed by atoms with van der Waals surface area (Å²) in [5.41, 5.74) is 4.01. The molecule has 1 aromatic carbocycles. The molecule has 6 heteroatoms. The molecule has 0 amide bonds. The molecule has 0 heterocycles. The van der Waals surface area contributed by atoms with E-state index in [2.05, 4.69) is 0 Å². The fourth-order valence-electron chi connectivity index (χ4n) is 2.21. The summed E-state index contributed by atoms with van der Waals surface area (Å²) in [6.45, 7) is 1.66. The van der Waals surface area contributed by atoms with Crippen LogP contribution in [0.4, 0.5) is 14.5 Å². The van der Waals surface area contributed by atoms with Crippen LogP contribution in [-0.2, 0) is 5.41 Å². The van der Waals surface area contributed by atoms with Crippen LogP contribution in [0.5, 0.6) is 0 Å². The summed E-state index contributed by atoms with van der Waals surface area (Å²) < 4.78 is 27.6. The lowest BCUT2D eigenvalue weighted by atomic mass is 9.88. The van der Waals surface area contributed by atoms with Crippen LogP contribution in [0, 0.1) is 21.7 Å². The van der Waals surface area contributed by atoms with E-state index in [1.165, 1.54) is 0 Å². The molecule has 1 aliphatic carbocycles. The van der Waals surface area contributed by atoms with Crippen LogP contribution in [0.15, 0.2) is 12.1 Å². The quantitative estimate of drug-likeness (QED) is 0.652. The summed E-state index contributed by atoms with van der Waals surface area (Å²) in [7, 11) is 0. The fraction of sp³-hybridized carbons (Fsp3) is 0.455. The third-order valence-corrected chi connectivity index (χ3v) is 3.43. The molecule has 1 fully saturated rings. The molecule has 1 aliphatic rings. The molecule has 17 heavy (non-hydrogen) atoms. The number of nitrogens with zero attached hydrogens (tertiary/aromatic N) is 1. The SMILES string of the molecule is CC(N)C1(c2c(F)ccc([N+](=O)[O-])c2F)CC1. The Labute approximate surface area is 96.6 Å². The van der Waals surface area contributed by atoms with E-state index in [1.54, 1.807) is 6.92 Å². The van der Waals surface area contributed by atoms with Crippen molar-refractivity contribution in [3.05, 3.63) is 39.4 Å². The van der Waals surface area contributed by atoms with Crippen LogP contribution in [0.1, 0.15) is 25.3 Å². The minimum Gasteiger partial charge on any atom is -0.327 e. The van der Waals surface area contributed by atoms with Gasteiger partial charge in [-0.25, -0.2) is 4.39 Å². The Balaban J connectivity index is 2.61. The van der Waals surface area contributed by atoms with Crippen molar-refractivity contribution in [3.8, 4) is 0 Å². The van der Waals surface area contributed by atoms with Gasteiger partial charge in [-0.15, -0.1) is 0 Å². The van der Waals surface area contributed by atoms with Gasteiger partial charge in [0, 0.05) is 23.1 Å². The summed E-state index contributed by atoms with van der Waals surface area (Å²) in [6.07, 6.45) is 1.11. The lowest BCUT2D eigenvalue weighted by Crippen LogP contribution is -2.33. The number of hydrogen-bond donors (Lipinski definition) is 1. The number of hydrogen-bond acceptors (Lipinski definition) is 3. The average molecular weight is 242 g/mol. The second-order valence-corrected chi connectivity index (χ2v) is 4.46. The van der Waals surface area contributed by atoms with Crippen LogP contribution < -0.4 is 5.73 Å². The number of nitro benzene ring substituents is 1. The van der Waals surface area contributed by atoms with Gasteiger partial charge in [0.05, 0.1) is 4.92 Å². The van der Waals surface area contributed by atoms with Gasteiger partial charge in [-0.05, 0) is 25.8 Å². The third kappa shape index (κ3) is 1.68. The van der Waals surface area contributed by atoms with Crippen LogP contribution in [0.2, 0.25) is 0 Å². The molecule has 0 radical (unpaired) electrons. The number of benzene rings is 1. The van der Waals surface area contributed by atoms with E-state index in [9.17, 15) is 18.9 Å². The molecule has 2 N–H and O–H groups in total. The molecule has 4 nitrogen and oxygen atoms in total. The first-order chi connectivity index (χ1) is 7.90. The second-order valence-electron chi connectivity index (χ2n) is 4.46. The first-order valence-corrected chi connectivity index (χ1v) is 5.28. The summed E-state index contributed by atoms with van der Waals surface area (Å²) in [5, 5.41) is 10.6. The van der Waals surface area contributed by atoms with Gasteiger partial charge < -0.3 is 5.73 Å². The van der Waals surface area contributed by atoms with Gasteiger partial charge in [0.2, 0.25) is 5.82 Å². The Morgan fingerprint density at radius 3 is 2.47 bits per heavy atom. The molecule has 0 bridgehead atoms. The molecule has 0 aliphatic heterocycles. The van der Waals surface area contributed by atoms with E-state index >= 15 is 0 Å². The maximum Gasteiger partial charge on any atom is 0.305 e. The molecule has 2 rings (SSSR count). The van der Waals surface area contributed by atoms with Gasteiger partial charge in [0.25, 0.3) is 0 Å². The highest BCUT2D eigenvalue weighted by Crippen LogP contribution is 2.52. The number of nitro groups is 1. The average Bonchev–Trinajstić information content (AvgIpc) is 2.98. The maximum atomic E-state index is 13.9. The van der Waals surface area contributed by atoms with Gasteiger partial charge in [-0.2, -0.15) is 4.39 Å². The monoisotopic (exact) mass is 242 g/mol. The van der Waals surface area contributed by atoms with Crippen molar-refractivity contribution >= 4 is 5.69 Å². The molecule has 0 spiro atoms. The van der Waals surface area contributed by atoms with Crippen LogP contribution >= 0.6 is 0 Å². The Morgan fingerprint density at radius 2 is 2.06 bits per heavy atom. The molecular weight excluding hydrogens is 230 g/mol. The molecule has 92 valence electrons. The molecule has 1 saturated carbocycles. The molecular formula is C11H12F2N2O2. The van der Waals surface area contributed by atoms with Crippen LogP contribution in [0.25, 0.3) is 0 Å². The van der Waals surface area contributed by atoms with Gasteiger partial charge >= 0.3 is 5.69 Å². The molecule has 1 aromatic rings. The first kappa shape index (κ1) is 11.9. The summed E-state index contributed by atoms with van der Waals surface area (Å²) in [6, 6.07) is 1.33. The number of rotatable bonds is 3. The van der Waals surface area contributed by atoms with Gasteiger partial charge in [-0.3, -0.25) is 10.1 Å². The third-order valence-electron chi connectivity index (χ3n) is 3.43. The van der Waals surface area contributed by atoms with Crippen molar-refractivity contribution in [2.75, 3.05) is 0 Å². The van der Waals surface area contributed by atoms with Crippen molar-refractivity contribution in [1.29, 1.82) is 0 Å². The zero-order valence-electron chi connectivity index (χ0n) is 9.24. The van der Waals surface area contributed by atoms with Crippen molar-refractivity contribution in [3.63, 3.8) is 0 Å². The van der Waals surface area contributed by atoms with Crippen molar-refractivity contribution in [1.82, 2.24) is 0 Å². The lowest BCUT2D eigenvalue weighted by molar-refractivity contribution is -0.387. The highest BCUT2D eigenvalue weighted by Gasteiger charge is 2.51. The normalized spacial score (nSPS) is 18.8. The summed E-state index contributed by atoms with van der Waals surface area (Å²) >= 11 is 0. The van der Waals surface area contributed by atoms with E-state index in [1.807, 2.05) is 0 Å². The minimum atomic E-state index is -1.09. The van der Waals surface area contributed by atoms with Crippen LogP contribution in [-0.4, -0.2) is 11.0 Å². The fourth-order valence-corrected chi connectivity index (χ4v) is 2.21. The smallest absolute Gasteiger partial charge is 0.305 e. The minimum absolute atomic E-state index is 0.235. The zero-order valence-corrected chi connectivity index (χ0v) is 9.24. The van der Waals surface area contributed by atoms with E-state index < -0.39 is 33.7 Å². The maximum absolute atomic E-state index is 13.9. The van der Waals surface area contributed by atoms with E-state index in [0.717, 1.165) is 12.1 Å². The predicted octanol–water partition coefficient (Wildman–Crippen LogP) is 2.25.